The van der Waals surface area contributed by atoms with Crippen molar-refractivity contribution in [2.45, 2.75) is 39.0 Å². The summed E-state index contributed by atoms with van der Waals surface area (Å²) in [5.41, 5.74) is 0. The van der Waals surface area contributed by atoms with Gasteiger partial charge in [-0.25, -0.2) is 0 Å². The van der Waals surface area contributed by atoms with E-state index in [-0.39, 0.29) is 0 Å². The fourth-order valence-corrected chi connectivity index (χ4v) is 1.86. The average Bonchev–Trinajstić information content (AvgIpc) is 2.20. The van der Waals surface area contributed by atoms with Crippen LogP contribution in [0.25, 0.3) is 0 Å². The van der Waals surface area contributed by atoms with Crippen LogP contribution < -0.4 is 0 Å². The molecule has 0 bridgehead atoms. The molecular formula is C11H24BrNO. The molecule has 0 aromatic rings. The third-order valence-corrected chi connectivity index (χ3v) is 2.91. The minimum atomic E-state index is 0.294. The van der Waals surface area contributed by atoms with Gasteiger partial charge in [-0.2, -0.15) is 0 Å². The van der Waals surface area contributed by atoms with Crippen LogP contribution in [0.3, 0.4) is 0 Å². The Bertz CT molecular complexity index is 111. The van der Waals surface area contributed by atoms with Crippen molar-refractivity contribution in [3.8, 4) is 0 Å². The quantitative estimate of drug-likeness (QED) is 0.485. The van der Waals surface area contributed by atoms with Gasteiger partial charge in [0.1, 0.15) is 0 Å². The summed E-state index contributed by atoms with van der Waals surface area (Å²) in [7, 11) is 0. The SMILES string of the molecule is CCCCN(CCO)CCCCCBr. The second kappa shape index (κ2) is 11.5. The van der Waals surface area contributed by atoms with Gasteiger partial charge in [-0.05, 0) is 32.4 Å². The highest BCUT2D eigenvalue weighted by atomic mass is 79.9. The number of rotatable bonds is 10. The van der Waals surface area contributed by atoms with Crippen LogP contribution in [0.15, 0.2) is 0 Å². The molecule has 0 aromatic carbocycles. The molecule has 0 aliphatic heterocycles. The minimum absolute atomic E-state index is 0.294. The average molecular weight is 266 g/mol. The van der Waals surface area contributed by atoms with E-state index in [4.69, 9.17) is 5.11 Å². The molecule has 0 saturated carbocycles. The van der Waals surface area contributed by atoms with Gasteiger partial charge in [0.15, 0.2) is 0 Å². The molecule has 0 amide bonds. The van der Waals surface area contributed by atoms with Crippen molar-refractivity contribution in [3.63, 3.8) is 0 Å². The molecule has 0 aromatic heterocycles. The Morgan fingerprint density at radius 1 is 1.00 bits per heavy atom. The van der Waals surface area contributed by atoms with Gasteiger partial charge in [0.05, 0.1) is 6.61 Å². The molecule has 0 fully saturated rings. The molecule has 0 rings (SSSR count). The number of aliphatic hydroxyl groups is 1. The number of aliphatic hydroxyl groups excluding tert-OH is 1. The zero-order valence-electron chi connectivity index (χ0n) is 9.34. The van der Waals surface area contributed by atoms with E-state index in [1.54, 1.807) is 0 Å². The van der Waals surface area contributed by atoms with Crippen molar-refractivity contribution in [3.05, 3.63) is 0 Å². The Morgan fingerprint density at radius 2 is 1.71 bits per heavy atom. The van der Waals surface area contributed by atoms with Crippen LogP contribution in [-0.4, -0.2) is 41.6 Å². The van der Waals surface area contributed by atoms with E-state index < -0.39 is 0 Å². The molecule has 0 radical (unpaired) electrons. The first-order valence-electron chi connectivity index (χ1n) is 5.74. The third kappa shape index (κ3) is 8.97. The van der Waals surface area contributed by atoms with Crippen LogP contribution >= 0.6 is 15.9 Å². The van der Waals surface area contributed by atoms with Gasteiger partial charge < -0.3 is 10.0 Å². The van der Waals surface area contributed by atoms with Crippen molar-refractivity contribution in [2.75, 3.05) is 31.6 Å². The summed E-state index contributed by atoms with van der Waals surface area (Å²) in [5, 5.41) is 10.0. The molecule has 14 heavy (non-hydrogen) atoms. The fraction of sp³-hybridized carbons (Fsp3) is 1.00. The molecule has 0 atom stereocenters. The fourth-order valence-electron chi connectivity index (χ4n) is 1.47. The van der Waals surface area contributed by atoms with Crippen LogP contribution in [0.2, 0.25) is 0 Å². The van der Waals surface area contributed by atoms with Crippen LogP contribution in [0.4, 0.5) is 0 Å². The largest absolute Gasteiger partial charge is 0.395 e. The molecule has 1 N–H and O–H groups in total. The van der Waals surface area contributed by atoms with Crippen LogP contribution in [0, 0.1) is 0 Å². The second-order valence-corrected chi connectivity index (χ2v) is 4.46. The van der Waals surface area contributed by atoms with Gasteiger partial charge in [-0.3, -0.25) is 0 Å². The topological polar surface area (TPSA) is 23.5 Å². The highest BCUT2D eigenvalue weighted by Gasteiger charge is 2.02. The summed E-state index contributed by atoms with van der Waals surface area (Å²) >= 11 is 3.44. The van der Waals surface area contributed by atoms with Crippen molar-refractivity contribution in [1.29, 1.82) is 0 Å². The molecule has 0 aliphatic rings. The van der Waals surface area contributed by atoms with Crippen molar-refractivity contribution >= 4 is 15.9 Å². The summed E-state index contributed by atoms with van der Waals surface area (Å²) in [5.74, 6) is 0. The summed E-state index contributed by atoms with van der Waals surface area (Å²) in [6, 6.07) is 0. The Labute approximate surface area is 96.8 Å². The van der Waals surface area contributed by atoms with Gasteiger partial charge in [0.2, 0.25) is 0 Å². The summed E-state index contributed by atoms with van der Waals surface area (Å²) in [4.78, 5) is 2.37. The van der Waals surface area contributed by atoms with E-state index in [1.807, 2.05) is 0 Å². The Kier molecular flexibility index (Phi) is 11.8. The third-order valence-electron chi connectivity index (χ3n) is 2.35. The maximum atomic E-state index is 8.89. The van der Waals surface area contributed by atoms with Gasteiger partial charge >= 0.3 is 0 Å². The Morgan fingerprint density at radius 3 is 2.29 bits per heavy atom. The molecule has 0 saturated heterocycles. The molecule has 0 spiro atoms. The smallest absolute Gasteiger partial charge is 0.0558 e. The Balaban J connectivity index is 3.40. The zero-order chi connectivity index (χ0) is 10.6. The van der Waals surface area contributed by atoms with Crippen molar-refractivity contribution < 1.29 is 5.11 Å². The lowest BCUT2D eigenvalue weighted by Gasteiger charge is -2.20. The highest BCUT2D eigenvalue weighted by molar-refractivity contribution is 9.09. The van der Waals surface area contributed by atoms with Crippen molar-refractivity contribution in [2.24, 2.45) is 0 Å². The van der Waals surface area contributed by atoms with Gasteiger partial charge in [-0.1, -0.05) is 35.7 Å². The molecule has 0 heterocycles. The van der Waals surface area contributed by atoms with Crippen LogP contribution in [0.1, 0.15) is 39.0 Å². The van der Waals surface area contributed by atoms with Gasteiger partial charge in [0.25, 0.3) is 0 Å². The molecule has 86 valence electrons. The van der Waals surface area contributed by atoms with Crippen LogP contribution in [-0.2, 0) is 0 Å². The molecule has 3 heteroatoms. The molecule has 2 nitrogen and oxygen atoms in total. The number of unbranched alkanes of at least 4 members (excludes halogenated alkanes) is 3. The van der Waals surface area contributed by atoms with Gasteiger partial charge in [0, 0.05) is 11.9 Å². The van der Waals surface area contributed by atoms with E-state index in [0.29, 0.717) is 6.61 Å². The lowest BCUT2D eigenvalue weighted by atomic mass is 10.2. The second-order valence-electron chi connectivity index (χ2n) is 3.67. The predicted molar refractivity (Wildman–Crippen MR) is 66.1 cm³/mol. The molecule has 0 aliphatic carbocycles. The van der Waals surface area contributed by atoms with E-state index in [1.165, 1.54) is 32.1 Å². The minimum Gasteiger partial charge on any atom is -0.395 e. The highest BCUT2D eigenvalue weighted by Crippen LogP contribution is 2.02. The van der Waals surface area contributed by atoms with E-state index >= 15 is 0 Å². The van der Waals surface area contributed by atoms with Crippen molar-refractivity contribution in [1.82, 2.24) is 4.90 Å². The van der Waals surface area contributed by atoms with E-state index in [0.717, 1.165) is 25.0 Å². The molecular weight excluding hydrogens is 242 g/mol. The number of nitrogens with zero attached hydrogens (tertiary/aromatic N) is 1. The lowest BCUT2D eigenvalue weighted by molar-refractivity contribution is 0.191. The molecule has 0 unspecified atom stereocenters. The number of hydrogen-bond acceptors (Lipinski definition) is 2. The first kappa shape index (κ1) is 14.4. The predicted octanol–water partition coefficient (Wildman–Crippen LogP) is 2.65. The zero-order valence-corrected chi connectivity index (χ0v) is 10.9. The van der Waals surface area contributed by atoms with Gasteiger partial charge in [-0.15, -0.1) is 0 Å². The standard InChI is InChI=1S/C11H24BrNO/c1-2-3-8-13(10-11-14)9-6-4-5-7-12/h14H,2-11H2,1H3. The Hall–Kier alpha value is 0.400. The van der Waals surface area contributed by atoms with E-state index in [9.17, 15) is 0 Å². The number of hydrogen-bond donors (Lipinski definition) is 1. The first-order valence-corrected chi connectivity index (χ1v) is 6.86. The maximum Gasteiger partial charge on any atom is 0.0558 e. The van der Waals surface area contributed by atoms with E-state index in [2.05, 4.69) is 27.8 Å². The monoisotopic (exact) mass is 265 g/mol. The maximum absolute atomic E-state index is 8.89. The summed E-state index contributed by atoms with van der Waals surface area (Å²) in [6.45, 7) is 5.64. The summed E-state index contributed by atoms with van der Waals surface area (Å²) in [6.07, 6.45) is 6.30. The number of halogens is 1. The van der Waals surface area contributed by atoms with Crippen LogP contribution in [0.5, 0.6) is 0 Å². The normalized spacial score (nSPS) is 11.1. The first-order chi connectivity index (χ1) is 6.85. The number of alkyl halides is 1. The summed E-state index contributed by atoms with van der Waals surface area (Å²) < 4.78 is 0. The lowest BCUT2D eigenvalue weighted by Crippen LogP contribution is -2.29.